The second-order valence-electron chi connectivity index (χ2n) is 3.84. The molecule has 4 N–H and O–H groups in total. The van der Waals surface area contributed by atoms with E-state index in [0.717, 1.165) is 5.57 Å². The molecule has 0 heterocycles. The highest BCUT2D eigenvalue weighted by atomic mass is 16.4. The lowest BCUT2D eigenvalue weighted by Gasteiger charge is -2.20. The van der Waals surface area contributed by atoms with Crippen molar-refractivity contribution in [2.75, 3.05) is 19.8 Å². The zero-order chi connectivity index (χ0) is 12.5. The Kier molecular flexibility index (Phi) is 9.25. The summed E-state index contributed by atoms with van der Waals surface area (Å²) in [4.78, 5) is 9.73. The molecule has 0 rings (SSSR count). The zero-order valence-electron chi connectivity index (χ0n) is 9.40. The van der Waals surface area contributed by atoms with E-state index in [0.29, 0.717) is 0 Å². The molecule has 0 saturated heterocycles. The van der Waals surface area contributed by atoms with Crippen LogP contribution >= 0.6 is 0 Å². The number of aliphatic hydroxyl groups excluding tert-OH is 3. The lowest BCUT2D eigenvalue weighted by Crippen LogP contribution is -2.29. The highest BCUT2D eigenvalue weighted by Gasteiger charge is 2.20. The molecule has 90 valence electrons. The van der Waals surface area contributed by atoms with Crippen LogP contribution in [0.15, 0.2) is 11.6 Å². The molecule has 0 spiro atoms. The van der Waals surface area contributed by atoms with E-state index in [-0.39, 0.29) is 19.8 Å². The molecule has 0 aromatic carbocycles. The molecule has 0 aliphatic heterocycles. The fraction of sp³-hybridized carbons (Fsp3) is 0.700. The average molecular weight is 220 g/mol. The summed E-state index contributed by atoms with van der Waals surface area (Å²) in [5.74, 6) is -0.875. The predicted octanol–water partition coefficient (Wildman–Crippen LogP) is 0.00680. The maximum absolute atomic E-state index is 9.73. The SMILES string of the molecule is CC(C)=CC(=O)O.CC(CO)(CO)CO. The Balaban J connectivity index is 0. The van der Waals surface area contributed by atoms with Crippen LogP contribution in [0.1, 0.15) is 20.8 Å². The van der Waals surface area contributed by atoms with Gasteiger partial charge in [0.1, 0.15) is 0 Å². The molecule has 0 radical (unpaired) electrons. The molecule has 15 heavy (non-hydrogen) atoms. The second kappa shape index (κ2) is 8.40. The summed E-state index contributed by atoms with van der Waals surface area (Å²) in [6.45, 7) is 4.55. The standard InChI is InChI=1S/C5H12O3.C5H8O2/c1-5(2-6,3-7)4-8;1-4(2)3-5(6)7/h6-8H,2-4H2,1H3;3H,1-2H3,(H,6,7). The fourth-order valence-electron chi connectivity index (χ4n) is 0.397. The summed E-state index contributed by atoms with van der Waals surface area (Å²) < 4.78 is 0. The quantitative estimate of drug-likeness (QED) is 0.500. The van der Waals surface area contributed by atoms with Gasteiger partial charge in [-0.25, -0.2) is 4.79 Å². The number of allylic oxidation sites excluding steroid dienone is 1. The summed E-state index contributed by atoms with van der Waals surface area (Å²) in [6.07, 6.45) is 1.17. The van der Waals surface area contributed by atoms with Crippen molar-refractivity contribution in [3.05, 3.63) is 11.6 Å². The molecule has 0 aliphatic rings. The maximum atomic E-state index is 9.73. The Morgan fingerprint density at radius 1 is 1.13 bits per heavy atom. The molecule has 0 fully saturated rings. The lowest BCUT2D eigenvalue weighted by molar-refractivity contribution is -0.131. The summed E-state index contributed by atoms with van der Waals surface area (Å²) in [7, 11) is 0. The number of carboxylic acids is 1. The van der Waals surface area contributed by atoms with Crippen molar-refractivity contribution in [3.8, 4) is 0 Å². The van der Waals surface area contributed by atoms with E-state index in [1.807, 2.05) is 0 Å². The van der Waals surface area contributed by atoms with Crippen molar-refractivity contribution >= 4 is 5.97 Å². The van der Waals surface area contributed by atoms with Crippen LogP contribution in [0, 0.1) is 5.41 Å². The van der Waals surface area contributed by atoms with Crippen molar-refractivity contribution in [1.82, 2.24) is 0 Å². The van der Waals surface area contributed by atoms with Crippen molar-refractivity contribution in [1.29, 1.82) is 0 Å². The third kappa shape index (κ3) is 11.0. The molecule has 0 aliphatic carbocycles. The van der Waals surface area contributed by atoms with E-state index in [1.54, 1.807) is 20.8 Å². The lowest BCUT2D eigenvalue weighted by atomic mass is 9.95. The van der Waals surface area contributed by atoms with Gasteiger partial charge < -0.3 is 20.4 Å². The number of aliphatic hydroxyl groups is 3. The largest absolute Gasteiger partial charge is 0.478 e. The van der Waals surface area contributed by atoms with Crippen LogP contribution in [0.2, 0.25) is 0 Å². The van der Waals surface area contributed by atoms with Gasteiger partial charge in [0.05, 0.1) is 19.8 Å². The normalized spacial score (nSPS) is 10.0. The number of aliphatic carboxylic acids is 1. The van der Waals surface area contributed by atoms with Gasteiger partial charge in [0.2, 0.25) is 0 Å². The van der Waals surface area contributed by atoms with Crippen LogP contribution in [0.25, 0.3) is 0 Å². The number of hydrogen-bond acceptors (Lipinski definition) is 4. The molecule has 0 amide bonds. The van der Waals surface area contributed by atoms with Gasteiger partial charge in [0.15, 0.2) is 0 Å². The minimum Gasteiger partial charge on any atom is -0.478 e. The summed E-state index contributed by atoms with van der Waals surface area (Å²) >= 11 is 0. The van der Waals surface area contributed by atoms with Crippen LogP contribution in [0.4, 0.5) is 0 Å². The number of rotatable bonds is 4. The summed E-state index contributed by atoms with van der Waals surface area (Å²) in [5.41, 5.74) is 0.104. The summed E-state index contributed by atoms with van der Waals surface area (Å²) in [5, 5.41) is 33.4. The first-order valence-electron chi connectivity index (χ1n) is 4.51. The van der Waals surface area contributed by atoms with E-state index >= 15 is 0 Å². The summed E-state index contributed by atoms with van der Waals surface area (Å²) in [6, 6.07) is 0. The Labute approximate surface area is 89.7 Å². The first-order valence-corrected chi connectivity index (χ1v) is 4.51. The highest BCUT2D eigenvalue weighted by Crippen LogP contribution is 2.10. The third-order valence-electron chi connectivity index (χ3n) is 1.56. The Bertz CT molecular complexity index is 194. The number of hydrogen-bond donors (Lipinski definition) is 4. The smallest absolute Gasteiger partial charge is 0.328 e. The molecule has 0 saturated carbocycles. The molecular formula is C10H20O5. The molecule has 0 bridgehead atoms. The van der Waals surface area contributed by atoms with E-state index in [1.165, 1.54) is 6.08 Å². The fourth-order valence-corrected chi connectivity index (χ4v) is 0.397. The van der Waals surface area contributed by atoms with Gasteiger partial charge in [-0.05, 0) is 13.8 Å². The van der Waals surface area contributed by atoms with Crippen LogP contribution in [-0.2, 0) is 4.79 Å². The molecular weight excluding hydrogens is 200 g/mol. The van der Waals surface area contributed by atoms with Gasteiger partial charge in [-0.15, -0.1) is 0 Å². The molecule has 0 atom stereocenters. The first-order chi connectivity index (χ1) is 6.81. The van der Waals surface area contributed by atoms with Crippen LogP contribution < -0.4 is 0 Å². The maximum Gasteiger partial charge on any atom is 0.328 e. The van der Waals surface area contributed by atoms with Crippen LogP contribution in [0.3, 0.4) is 0 Å². The van der Waals surface area contributed by atoms with Crippen LogP contribution in [0.5, 0.6) is 0 Å². The molecule has 5 nitrogen and oxygen atoms in total. The van der Waals surface area contributed by atoms with E-state index in [2.05, 4.69) is 0 Å². The third-order valence-corrected chi connectivity index (χ3v) is 1.56. The van der Waals surface area contributed by atoms with E-state index < -0.39 is 11.4 Å². The van der Waals surface area contributed by atoms with Gasteiger partial charge in [0.25, 0.3) is 0 Å². The van der Waals surface area contributed by atoms with Crippen molar-refractivity contribution < 1.29 is 25.2 Å². The van der Waals surface area contributed by atoms with Gasteiger partial charge >= 0.3 is 5.97 Å². The van der Waals surface area contributed by atoms with E-state index in [4.69, 9.17) is 20.4 Å². The van der Waals surface area contributed by atoms with Crippen molar-refractivity contribution in [2.45, 2.75) is 20.8 Å². The van der Waals surface area contributed by atoms with Gasteiger partial charge in [-0.3, -0.25) is 0 Å². The van der Waals surface area contributed by atoms with Gasteiger partial charge in [0, 0.05) is 11.5 Å². The van der Waals surface area contributed by atoms with Crippen LogP contribution in [-0.4, -0.2) is 46.2 Å². The zero-order valence-corrected chi connectivity index (χ0v) is 9.40. The predicted molar refractivity (Wildman–Crippen MR) is 56.4 cm³/mol. The topological polar surface area (TPSA) is 98.0 Å². The number of carboxylic acid groups (broad SMARTS) is 1. The van der Waals surface area contributed by atoms with Gasteiger partial charge in [-0.1, -0.05) is 12.5 Å². The number of carbonyl (C=O) groups is 1. The van der Waals surface area contributed by atoms with Crippen molar-refractivity contribution in [3.63, 3.8) is 0 Å². The molecule has 0 unspecified atom stereocenters. The minimum atomic E-state index is -0.875. The highest BCUT2D eigenvalue weighted by molar-refractivity contribution is 5.80. The monoisotopic (exact) mass is 220 g/mol. The Hall–Kier alpha value is -0.910. The van der Waals surface area contributed by atoms with Crippen molar-refractivity contribution in [2.24, 2.45) is 5.41 Å². The van der Waals surface area contributed by atoms with E-state index in [9.17, 15) is 4.79 Å². The molecule has 0 aromatic rings. The average Bonchev–Trinajstić information content (AvgIpc) is 2.15. The molecule has 0 aromatic heterocycles. The Morgan fingerprint density at radius 2 is 1.47 bits per heavy atom. The Morgan fingerprint density at radius 3 is 1.47 bits per heavy atom. The van der Waals surface area contributed by atoms with Gasteiger partial charge in [-0.2, -0.15) is 0 Å². The first kappa shape index (κ1) is 16.5. The second-order valence-corrected chi connectivity index (χ2v) is 3.84. The molecule has 5 heteroatoms. The minimum absolute atomic E-state index is 0.181.